The van der Waals surface area contributed by atoms with Crippen LogP contribution in [0.4, 0.5) is 9.18 Å². The van der Waals surface area contributed by atoms with Crippen molar-refractivity contribution in [2.75, 3.05) is 20.3 Å². The van der Waals surface area contributed by atoms with Gasteiger partial charge in [0.1, 0.15) is 23.1 Å². The number of rotatable bonds is 9. The first kappa shape index (κ1) is 27.2. The van der Waals surface area contributed by atoms with Crippen LogP contribution in [0, 0.1) is 5.82 Å². The minimum absolute atomic E-state index is 0.0720. The molecule has 40 heavy (non-hydrogen) atoms. The summed E-state index contributed by atoms with van der Waals surface area (Å²) in [7, 11) is -2.91. The highest BCUT2D eigenvalue weighted by Gasteiger charge is 2.35. The first-order valence-corrected chi connectivity index (χ1v) is 14.2. The van der Waals surface area contributed by atoms with Crippen LogP contribution in [0.5, 0.6) is 17.2 Å². The molecule has 1 fully saturated rings. The molecule has 4 aromatic rings. The molecule has 0 atom stereocenters. The van der Waals surface area contributed by atoms with E-state index in [4.69, 9.17) is 13.7 Å². The molecule has 0 saturated carbocycles. The van der Waals surface area contributed by atoms with Crippen LogP contribution in [0.3, 0.4) is 0 Å². The minimum atomic E-state index is -4.25. The van der Waals surface area contributed by atoms with E-state index < -0.39 is 27.1 Å². The largest absolute Gasteiger partial charge is 0.493 e. The first-order valence-electron chi connectivity index (χ1n) is 12.0. The average Bonchev–Trinajstić information content (AvgIpc) is 3.21. The summed E-state index contributed by atoms with van der Waals surface area (Å²) in [6.45, 7) is 0.199. The summed E-state index contributed by atoms with van der Waals surface area (Å²) in [5.41, 5.74) is 0.487. The number of ether oxygens (including phenoxy) is 2. The third-order valence-corrected chi connectivity index (χ3v) is 8.14. The van der Waals surface area contributed by atoms with Gasteiger partial charge < -0.3 is 13.7 Å². The Labute approximate surface area is 234 Å². The minimum Gasteiger partial charge on any atom is -0.493 e. The Hall–Kier alpha value is -4.35. The van der Waals surface area contributed by atoms with Gasteiger partial charge in [-0.05, 0) is 71.3 Å². The lowest BCUT2D eigenvalue weighted by Crippen LogP contribution is -2.32. The van der Waals surface area contributed by atoms with E-state index in [0.29, 0.717) is 11.3 Å². The molecular formula is C29H22FNO7S2. The van der Waals surface area contributed by atoms with E-state index in [2.05, 4.69) is 0 Å². The predicted molar refractivity (Wildman–Crippen MR) is 149 cm³/mol. The Kier molecular flexibility index (Phi) is 7.76. The molecular weight excluding hydrogens is 557 g/mol. The van der Waals surface area contributed by atoms with Gasteiger partial charge in [-0.25, -0.2) is 4.39 Å². The maximum atomic E-state index is 13.2. The number of carbonyl (C=O) groups excluding carboxylic acids is 2. The normalized spacial score (nSPS) is 14.7. The molecule has 5 rings (SSSR count). The van der Waals surface area contributed by atoms with E-state index in [0.717, 1.165) is 51.7 Å². The Balaban J connectivity index is 1.27. The van der Waals surface area contributed by atoms with E-state index in [1.807, 2.05) is 42.5 Å². The third-order valence-electron chi connectivity index (χ3n) is 5.98. The van der Waals surface area contributed by atoms with Crippen LogP contribution in [0.1, 0.15) is 5.56 Å². The van der Waals surface area contributed by atoms with Crippen LogP contribution in [0.25, 0.3) is 16.8 Å². The van der Waals surface area contributed by atoms with E-state index in [1.54, 1.807) is 0 Å². The number of amides is 2. The van der Waals surface area contributed by atoms with Gasteiger partial charge in [-0.15, -0.1) is 0 Å². The fraction of sp³-hybridized carbons (Fsp3) is 0.103. The zero-order chi connectivity index (χ0) is 28.3. The molecule has 0 bridgehead atoms. The number of halogens is 1. The molecule has 0 aliphatic carbocycles. The van der Waals surface area contributed by atoms with Crippen LogP contribution in [0.15, 0.2) is 94.7 Å². The van der Waals surface area contributed by atoms with Gasteiger partial charge in [0.25, 0.3) is 11.1 Å². The van der Waals surface area contributed by atoms with Crippen LogP contribution in [-0.4, -0.2) is 44.7 Å². The Morgan fingerprint density at radius 1 is 0.900 bits per heavy atom. The van der Waals surface area contributed by atoms with Crippen LogP contribution in [-0.2, 0) is 14.9 Å². The fourth-order valence-electron chi connectivity index (χ4n) is 4.02. The molecule has 1 aliphatic heterocycles. The third kappa shape index (κ3) is 5.80. The van der Waals surface area contributed by atoms with Crippen molar-refractivity contribution in [3.8, 4) is 17.2 Å². The number of imide groups is 1. The summed E-state index contributed by atoms with van der Waals surface area (Å²) in [5.74, 6) is -0.390. The highest BCUT2D eigenvalue weighted by atomic mass is 32.2. The molecule has 4 aromatic carbocycles. The lowest BCUT2D eigenvalue weighted by atomic mass is 10.1. The van der Waals surface area contributed by atoms with Crippen LogP contribution in [0.2, 0.25) is 0 Å². The van der Waals surface area contributed by atoms with Crippen molar-refractivity contribution in [1.82, 2.24) is 4.90 Å². The van der Waals surface area contributed by atoms with Crippen molar-refractivity contribution in [3.63, 3.8) is 0 Å². The van der Waals surface area contributed by atoms with Gasteiger partial charge in [0.2, 0.25) is 0 Å². The molecule has 0 aromatic heterocycles. The number of hydrogen-bond donors (Lipinski definition) is 0. The van der Waals surface area contributed by atoms with Crippen molar-refractivity contribution < 1.29 is 36.1 Å². The second kappa shape index (κ2) is 11.4. The summed E-state index contributed by atoms with van der Waals surface area (Å²) < 4.78 is 54.7. The maximum Gasteiger partial charge on any atom is 0.339 e. The van der Waals surface area contributed by atoms with E-state index in [1.165, 1.54) is 31.4 Å². The average molecular weight is 580 g/mol. The topological polar surface area (TPSA) is 99.2 Å². The van der Waals surface area contributed by atoms with Crippen molar-refractivity contribution in [3.05, 3.63) is 101 Å². The van der Waals surface area contributed by atoms with E-state index >= 15 is 0 Å². The Morgan fingerprint density at radius 2 is 1.65 bits per heavy atom. The summed E-state index contributed by atoms with van der Waals surface area (Å²) in [5, 5.41) is 1.54. The van der Waals surface area contributed by atoms with Gasteiger partial charge in [0.05, 0.1) is 18.6 Å². The lowest BCUT2D eigenvalue weighted by Gasteiger charge is -2.14. The quantitative estimate of drug-likeness (QED) is 0.179. The van der Waals surface area contributed by atoms with Crippen molar-refractivity contribution in [2.24, 2.45) is 0 Å². The van der Waals surface area contributed by atoms with Crippen LogP contribution >= 0.6 is 11.8 Å². The number of nitrogens with zero attached hydrogens (tertiary/aromatic N) is 1. The number of carbonyl (C=O) groups is 2. The van der Waals surface area contributed by atoms with Gasteiger partial charge in [-0.2, -0.15) is 8.42 Å². The Morgan fingerprint density at radius 3 is 2.42 bits per heavy atom. The number of benzene rings is 4. The number of fused-ring (bicyclic) bond motifs is 1. The highest BCUT2D eigenvalue weighted by Crippen LogP contribution is 2.35. The van der Waals surface area contributed by atoms with Gasteiger partial charge >= 0.3 is 10.1 Å². The molecule has 1 saturated heterocycles. The molecule has 1 aliphatic rings. The number of hydrogen-bond acceptors (Lipinski definition) is 8. The molecule has 1 heterocycles. The standard InChI is InChI=1S/C29H22FNO7S2/c1-36-26-17-19(9-14-25(26)38-40(34,35)22-12-10-21(30)11-13-22)18-27-28(32)31(29(33)39-27)15-16-37-24-8-4-6-20-5-2-3-7-23(20)24/h2-14,17-18H,15-16H2,1H3/b27-18-. The van der Waals surface area contributed by atoms with Gasteiger partial charge in [0, 0.05) is 5.39 Å². The SMILES string of the molecule is COc1cc(/C=C2\SC(=O)N(CCOc3cccc4ccccc34)C2=O)ccc1OS(=O)(=O)c1ccc(F)cc1. The maximum absolute atomic E-state index is 13.2. The van der Waals surface area contributed by atoms with Crippen molar-refractivity contribution in [2.45, 2.75) is 4.90 Å². The van der Waals surface area contributed by atoms with Crippen molar-refractivity contribution in [1.29, 1.82) is 0 Å². The summed E-state index contributed by atoms with van der Waals surface area (Å²) in [6, 6.07) is 22.0. The highest BCUT2D eigenvalue weighted by molar-refractivity contribution is 8.18. The molecule has 0 unspecified atom stereocenters. The summed E-state index contributed by atoms with van der Waals surface area (Å²) >= 11 is 0.796. The number of methoxy groups -OCH3 is 1. The summed E-state index contributed by atoms with van der Waals surface area (Å²) in [4.78, 5) is 26.6. The Bertz CT molecular complexity index is 1730. The zero-order valence-electron chi connectivity index (χ0n) is 21.1. The smallest absolute Gasteiger partial charge is 0.339 e. The van der Waals surface area contributed by atoms with Crippen LogP contribution < -0.4 is 13.7 Å². The van der Waals surface area contributed by atoms with Gasteiger partial charge in [-0.1, -0.05) is 42.5 Å². The van der Waals surface area contributed by atoms with Gasteiger partial charge in [0.15, 0.2) is 11.5 Å². The zero-order valence-corrected chi connectivity index (χ0v) is 22.7. The second-order valence-corrected chi connectivity index (χ2v) is 11.1. The molecule has 11 heteroatoms. The van der Waals surface area contributed by atoms with Gasteiger partial charge in [-0.3, -0.25) is 14.5 Å². The lowest BCUT2D eigenvalue weighted by molar-refractivity contribution is -0.123. The van der Waals surface area contributed by atoms with Crippen molar-refractivity contribution >= 4 is 49.9 Å². The molecule has 204 valence electrons. The predicted octanol–water partition coefficient (Wildman–Crippen LogP) is 5.87. The van der Waals surface area contributed by atoms with E-state index in [9.17, 15) is 22.4 Å². The van der Waals surface area contributed by atoms with E-state index in [-0.39, 0.29) is 34.5 Å². The second-order valence-electron chi connectivity index (χ2n) is 8.56. The molecule has 2 amide bonds. The molecule has 8 nitrogen and oxygen atoms in total. The molecule has 0 spiro atoms. The molecule has 0 N–H and O–H groups in total. The summed E-state index contributed by atoms with van der Waals surface area (Å²) in [6.07, 6.45) is 1.51. The molecule has 0 radical (unpaired) electrons. The number of thioether (sulfide) groups is 1. The monoisotopic (exact) mass is 579 g/mol. The first-order chi connectivity index (χ1) is 19.2. The fourth-order valence-corrected chi connectivity index (χ4v) is 5.83.